The number of aromatic hydroxyl groups is 1. The van der Waals surface area contributed by atoms with E-state index in [0.29, 0.717) is 6.54 Å². The predicted molar refractivity (Wildman–Crippen MR) is 64.5 cm³/mol. The third-order valence-electron chi connectivity index (χ3n) is 2.89. The number of benzene rings is 1. The molecule has 2 N–H and O–H groups in total. The van der Waals surface area contributed by atoms with Gasteiger partial charge in [-0.25, -0.2) is 4.39 Å². The molecule has 0 radical (unpaired) electrons. The van der Waals surface area contributed by atoms with Gasteiger partial charge in [0, 0.05) is 12.6 Å². The molecule has 0 aromatic heterocycles. The molecule has 1 amide bonds. The van der Waals surface area contributed by atoms with E-state index in [9.17, 15) is 14.3 Å². The van der Waals surface area contributed by atoms with Crippen molar-refractivity contribution < 1.29 is 14.3 Å². The maximum atomic E-state index is 12.7. The van der Waals surface area contributed by atoms with Crippen molar-refractivity contribution in [2.75, 3.05) is 6.54 Å². The molecular weight excluding hydrogens is 221 g/mol. The van der Waals surface area contributed by atoms with Gasteiger partial charge in [0.05, 0.1) is 5.56 Å². The molecule has 0 aliphatic heterocycles. The van der Waals surface area contributed by atoms with Crippen LogP contribution in [0.1, 0.15) is 37.6 Å². The van der Waals surface area contributed by atoms with Gasteiger partial charge in [-0.15, -0.1) is 0 Å². The number of amides is 1. The monoisotopic (exact) mass is 239 g/mol. The summed E-state index contributed by atoms with van der Waals surface area (Å²) in [6, 6.07) is 3.36. The summed E-state index contributed by atoms with van der Waals surface area (Å²) >= 11 is 0. The first-order chi connectivity index (χ1) is 7.85. The molecular formula is C13H18FNO2. The number of rotatable bonds is 4. The summed E-state index contributed by atoms with van der Waals surface area (Å²) in [6.07, 6.45) is 0.933. The van der Waals surface area contributed by atoms with Crippen molar-refractivity contribution in [3.8, 4) is 5.75 Å². The maximum absolute atomic E-state index is 12.7. The Morgan fingerprint density at radius 3 is 2.65 bits per heavy atom. The van der Waals surface area contributed by atoms with E-state index in [1.807, 2.05) is 20.8 Å². The number of phenolic OH excluding ortho intramolecular Hbond substituents is 1. The number of phenols is 1. The number of hydrogen-bond donors (Lipinski definition) is 2. The van der Waals surface area contributed by atoms with Crippen molar-refractivity contribution in [2.45, 2.75) is 27.2 Å². The molecule has 0 spiro atoms. The maximum Gasteiger partial charge on any atom is 0.255 e. The van der Waals surface area contributed by atoms with E-state index in [-0.39, 0.29) is 22.6 Å². The summed E-state index contributed by atoms with van der Waals surface area (Å²) in [5.41, 5.74) is 0.101. The second-order valence-corrected chi connectivity index (χ2v) is 4.86. The molecule has 0 unspecified atom stereocenters. The standard InChI is InChI=1S/C13H18FNO2/c1-4-13(2,3)8-15-12(17)10-6-5-9(14)7-11(10)16/h5-7,16H,4,8H2,1-3H3,(H,15,17). The van der Waals surface area contributed by atoms with E-state index in [1.165, 1.54) is 6.07 Å². The highest BCUT2D eigenvalue weighted by atomic mass is 19.1. The van der Waals surface area contributed by atoms with Crippen LogP contribution >= 0.6 is 0 Å². The van der Waals surface area contributed by atoms with Crippen LogP contribution in [0.25, 0.3) is 0 Å². The minimum atomic E-state index is -0.562. The van der Waals surface area contributed by atoms with Gasteiger partial charge in [-0.05, 0) is 24.0 Å². The van der Waals surface area contributed by atoms with Gasteiger partial charge in [0.25, 0.3) is 5.91 Å². The Bertz CT molecular complexity index is 416. The van der Waals surface area contributed by atoms with E-state index < -0.39 is 5.82 Å². The van der Waals surface area contributed by atoms with Crippen molar-refractivity contribution in [3.63, 3.8) is 0 Å². The van der Waals surface area contributed by atoms with Gasteiger partial charge in [0.15, 0.2) is 0 Å². The van der Waals surface area contributed by atoms with Crippen molar-refractivity contribution >= 4 is 5.91 Å². The Morgan fingerprint density at radius 1 is 1.47 bits per heavy atom. The van der Waals surface area contributed by atoms with Crippen molar-refractivity contribution in [1.29, 1.82) is 0 Å². The summed E-state index contributed by atoms with van der Waals surface area (Å²) < 4.78 is 12.7. The first-order valence-electron chi connectivity index (χ1n) is 5.62. The lowest BCUT2D eigenvalue weighted by Crippen LogP contribution is -2.33. The molecule has 0 heterocycles. The third kappa shape index (κ3) is 3.73. The molecule has 17 heavy (non-hydrogen) atoms. The van der Waals surface area contributed by atoms with Gasteiger partial charge in [0.2, 0.25) is 0 Å². The number of carbonyl (C=O) groups excluding carboxylic acids is 1. The average molecular weight is 239 g/mol. The summed E-state index contributed by atoms with van der Waals surface area (Å²) in [5, 5.41) is 12.2. The summed E-state index contributed by atoms with van der Waals surface area (Å²) in [5.74, 6) is -1.28. The van der Waals surface area contributed by atoms with Gasteiger partial charge in [-0.2, -0.15) is 0 Å². The molecule has 1 aromatic carbocycles. The topological polar surface area (TPSA) is 49.3 Å². The number of nitrogens with one attached hydrogen (secondary N) is 1. The smallest absolute Gasteiger partial charge is 0.255 e. The van der Waals surface area contributed by atoms with Crippen LogP contribution in [0.2, 0.25) is 0 Å². The van der Waals surface area contributed by atoms with Crippen LogP contribution in [0.4, 0.5) is 4.39 Å². The quantitative estimate of drug-likeness (QED) is 0.848. The Kier molecular flexibility index (Phi) is 4.10. The minimum Gasteiger partial charge on any atom is -0.507 e. The molecule has 4 heteroatoms. The second-order valence-electron chi connectivity index (χ2n) is 4.86. The molecule has 1 rings (SSSR count). The van der Waals surface area contributed by atoms with Crippen LogP contribution in [-0.2, 0) is 0 Å². The number of carbonyl (C=O) groups is 1. The Balaban J connectivity index is 2.71. The predicted octanol–water partition coefficient (Wildman–Crippen LogP) is 2.70. The van der Waals surface area contributed by atoms with Crippen LogP contribution in [0.15, 0.2) is 18.2 Å². The first kappa shape index (κ1) is 13.5. The molecule has 0 bridgehead atoms. The first-order valence-corrected chi connectivity index (χ1v) is 5.62. The number of hydrogen-bond acceptors (Lipinski definition) is 2. The molecule has 0 saturated heterocycles. The highest BCUT2D eigenvalue weighted by molar-refractivity contribution is 5.96. The van der Waals surface area contributed by atoms with Crippen molar-refractivity contribution in [3.05, 3.63) is 29.6 Å². The average Bonchev–Trinajstić information content (AvgIpc) is 2.26. The van der Waals surface area contributed by atoms with Crippen molar-refractivity contribution in [2.24, 2.45) is 5.41 Å². The fraction of sp³-hybridized carbons (Fsp3) is 0.462. The fourth-order valence-electron chi connectivity index (χ4n) is 1.24. The lowest BCUT2D eigenvalue weighted by atomic mass is 9.90. The molecule has 0 fully saturated rings. The Hall–Kier alpha value is -1.58. The lowest BCUT2D eigenvalue weighted by Gasteiger charge is -2.22. The molecule has 0 aliphatic rings. The van der Waals surface area contributed by atoms with Gasteiger partial charge in [-0.3, -0.25) is 4.79 Å². The van der Waals surface area contributed by atoms with E-state index >= 15 is 0 Å². The lowest BCUT2D eigenvalue weighted by molar-refractivity contribution is 0.0933. The van der Waals surface area contributed by atoms with Crippen LogP contribution < -0.4 is 5.32 Å². The summed E-state index contributed by atoms with van der Waals surface area (Å²) in [7, 11) is 0. The van der Waals surface area contributed by atoms with Crippen molar-refractivity contribution in [1.82, 2.24) is 5.32 Å². The zero-order valence-corrected chi connectivity index (χ0v) is 10.4. The molecule has 0 saturated carbocycles. The zero-order valence-electron chi connectivity index (χ0n) is 10.4. The highest BCUT2D eigenvalue weighted by Gasteiger charge is 2.18. The molecule has 3 nitrogen and oxygen atoms in total. The van der Waals surface area contributed by atoms with Gasteiger partial charge in [0.1, 0.15) is 11.6 Å². The van der Waals surface area contributed by atoms with Gasteiger partial charge in [-0.1, -0.05) is 20.8 Å². The Morgan fingerprint density at radius 2 is 2.12 bits per heavy atom. The fourth-order valence-corrected chi connectivity index (χ4v) is 1.24. The van der Waals surface area contributed by atoms with Crippen LogP contribution in [-0.4, -0.2) is 17.6 Å². The van der Waals surface area contributed by atoms with Crippen LogP contribution in [0.5, 0.6) is 5.75 Å². The van der Waals surface area contributed by atoms with Crippen LogP contribution in [0, 0.1) is 11.2 Å². The largest absolute Gasteiger partial charge is 0.507 e. The minimum absolute atomic E-state index is 0.00527. The normalized spacial score (nSPS) is 11.3. The van der Waals surface area contributed by atoms with Gasteiger partial charge >= 0.3 is 0 Å². The highest BCUT2D eigenvalue weighted by Crippen LogP contribution is 2.20. The zero-order chi connectivity index (χ0) is 13.1. The van der Waals surface area contributed by atoms with E-state index in [4.69, 9.17) is 0 Å². The van der Waals surface area contributed by atoms with Gasteiger partial charge < -0.3 is 10.4 Å². The van der Waals surface area contributed by atoms with E-state index in [1.54, 1.807) is 0 Å². The van der Waals surface area contributed by atoms with Crippen LogP contribution in [0.3, 0.4) is 0 Å². The summed E-state index contributed by atoms with van der Waals surface area (Å²) in [6.45, 7) is 6.64. The summed E-state index contributed by atoms with van der Waals surface area (Å²) in [4.78, 5) is 11.7. The SMILES string of the molecule is CCC(C)(C)CNC(=O)c1ccc(F)cc1O. The van der Waals surface area contributed by atoms with E-state index in [0.717, 1.165) is 18.6 Å². The molecule has 0 aliphatic carbocycles. The molecule has 1 aromatic rings. The third-order valence-corrected chi connectivity index (χ3v) is 2.89. The second kappa shape index (κ2) is 5.17. The Labute approximate surface area is 101 Å². The molecule has 94 valence electrons. The molecule has 0 atom stereocenters. The van der Waals surface area contributed by atoms with E-state index in [2.05, 4.69) is 5.32 Å². The number of halogens is 1.